The fourth-order valence-electron chi connectivity index (χ4n) is 1.22. The van der Waals surface area contributed by atoms with Gasteiger partial charge in [-0.1, -0.05) is 0 Å². The molecular formula is C10H15N5O4. The van der Waals surface area contributed by atoms with Crippen molar-refractivity contribution in [3.63, 3.8) is 0 Å². The first-order valence-electron chi connectivity index (χ1n) is 5.28. The van der Waals surface area contributed by atoms with E-state index in [1.807, 2.05) is 0 Å². The number of nitro groups is 1. The van der Waals surface area contributed by atoms with Gasteiger partial charge in [-0.05, 0) is 0 Å². The van der Waals surface area contributed by atoms with Gasteiger partial charge in [0.2, 0.25) is 5.88 Å². The van der Waals surface area contributed by atoms with E-state index in [1.165, 1.54) is 25.6 Å². The Hall–Kier alpha value is -2.39. The lowest BCUT2D eigenvalue weighted by atomic mass is 10.3. The standard InChI is InChI=1S/C10H15N5O4/c1-18-4-5-19-10-9(14(12)3-2-11)6-8(7-13-10)15(16)17/h2-3,6-7H,4-5,11-12H2,1H3/b3-2-. The quantitative estimate of drug-likeness (QED) is 0.309. The summed E-state index contributed by atoms with van der Waals surface area (Å²) < 4.78 is 10.2. The van der Waals surface area contributed by atoms with Gasteiger partial charge < -0.3 is 15.2 Å². The van der Waals surface area contributed by atoms with Gasteiger partial charge in [-0.2, -0.15) is 0 Å². The number of nitrogens with zero attached hydrogens (tertiary/aromatic N) is 3. The van der Waals surface area contributed by atoms with E-state index in [4.69, 9.17) is 21.1 Å². The van der Waals surface area contributed by atoms with Crippen molar-refractivity contribution in [1.82, 2.24) is 4.98 Å². The van der Waals surface area contributed by atoms with Crippen LogP contribution in [-0.2, 0) is 4.74 Å². The summed E-state index contributed by atoms with van der Waals surface area (Å²) in [5.41, 5.74) is 5.25. The summed E-state index contributed by atoms with van der Waals surface area (Å²) in [6, 6.07) is 1.25. The maximum absolute atomic E-state index is 10.7. The molecule has 1 rings (SSSR count). The second-order valence-corrected chi connectivity index (χ2v) is 3.36. The minimum Gasteiger partial charge on any atom is -0.474 e. The molecule has 0 saturated heterocycles. The van der Waals surface area contributed by atoms with Crippen molar-refractivity contribution in [1.29, 1.82) is 0 Å². The van der Waals surface area contributed by atoms with Gasteiger partial charge in [0.25, 0.3) is 5.69 Å². The topological polar surface area (TPSA) is 130 Å². The van der Waals surface area contributed by atoms with Crippen LogP contribution in [0.3, 0.4) is 0 Å². The molecule has 104 valence electrons. The van der Waals surface area contributed by atoms with Crippen LogP contribution in [-0.4, -0.2) is 30.2 Å². The Kier molecular flexibility index (Phi) is 5.51. The molecule has 0 atom stereocenters. The summed E-state index contributed by atoms with van der Waals surface area (Å²) in [4.78, 5) is 14.0. The Labute approximate surface area is 109 Å². The second kappa shape index (κ2) is 7.13. The van der Waals surface area contributed by atoms with Gasteiger partial charge in [-0.15, -0.1) is 0 Å². The lowest BCUT2D eigenvalue weighted by Crippen LogP contribution is -2.26. The van der Waals surface area contributed by atoms with Gasteiger partial charge in [0, 0.05) is 25.6 Å². The Morgan fingerprint density at radius 3 is 2.89 bits per heavy atom. The molecule has 19 heavy (non-hydrogen) atoms. The second-order valence-electron chi connectivity index (χ2n) is 3.36. The van der Waals surface area contributed by atoms with Crippen LogP contribution in [0.1, 0.15) is 0 Å². The van der Waals surface area contributed by atoms with Crippen molar-refractivity contribution in [2.75, 3.05) is 25.3 Å². The third-order valence-corrected chi connectivity index (χ3v) is 2.08. The number of anilines is 1. The van der Waals surface area contributed by atoms with Crippen LogP contribution in [0, 0.1) is 10.1 Å². The van der Waals surface area contributed by atoms with Crippen molar-refractivity contribution >= 4 is 11.4 Å². The first-order valence-corrected chi connectivity index (χ1v) is 5.28. The van der Waals surface area contributed by atoms with Gasteiger partial charge in [0.05, 0.1) is 11.5 Å². The fourth-order valence-corrected chi connectivity index (χ4v) is 1.22. The third-order valence-electron chi connectivity index (χ3n) is 2.08. The first kappa shape index (κ1) is 14.7. The fraction of sp³-hybridized carbons (Fsp3) is 0.300. The maximum Gasteiger partial charge on any atom is 0.289 e. The van der Waals surface area contributed by atoms with Crippen molar-refractivity contribution in [3.05, 3.63) is 34.8 Å². The van der Waals surface area contributed by atoms with Crippen molar-refractivity contribution in [3.8, 4) is 5.88 Å². The zero-order valence-electron chi connectivity index (χ0n) is 10.4. The van der Waals surface area contributed by atoms with E-state index in [0.29, 0.717) is 6.61 Å². The van der Waals surface area contributed by atoms with E-state index >= 15 is 0 Å². The van der Waals surface area contributed by atoms with E-state index in [-0.39, 0.29) is 23.9 Å². The molecule has 0 aromatic carbocycles. The van der Waals surface area contributed by atoms with Gasteiger partial charge in [-0.25, -0.2) is 10.8 Å². The average molecular weight is 269 g/mol. The number of aromatic nitrogens is 1. The largest absolute Gasteiger partial charge is 0.474 e. The van der Waals surface area contributed by atoms with Crippen LogP contribution < -0.4 is 21.3 Å². The molecule has 0 radical (unpaired) electrons. The number of hydrogen-bond donors (Lipinski definition) is 2. The third kappa shape index (κ3) is 4.08. The summed E-state index contributed by atoms with van der Waals surface area (Å²) >= 11 is 0. The van der Waals surface area contributed by atoms with Gasteiger partial charge in [-0.3, -0.25) is 15.1 Å². The molecule has 0 unspecified atom stereocenters. The maximum atomic E-state index is 10.7. The monoisotopic (exact) mass is 269 g/mol. The number of methoxy groups -OCH3 is 1. The highest BCUT2D eigenvalue weighted by molar-refractivity contribution is 5.60. The molecule has 0 saturated carbocycles. The summed E-state index contributed by atoms with van der Waals surface area (Å²) in [7, 11) is 1.53. The minimum absolute atomic E-state index is 0.156. The van der Waals surface area contributed by atoms with Gasteiger partial charge in [0.1, 0.15) is 18.5 Å². The molecule has 1 heterocycles. The van der Waals surface area contributed by atoms with Crippen LogP contribution in [0.15, 0.2) is 24.7 Å². The molecule has 0 aliphatic heterocycles. The smallest absolute Gasteiger partial charge is 0.289 e. The molecule has 9 heteroatoms. The van der Waals surface area contributed by atoms with Crippen molar-refractivity contribution < 1.29 is 14.4 Å². The number of hydrazine groups is 1. The van der Waals surface area contributed by atoms with Crippen molar-refractivity contribution in [2.24, 2.45) is 11.6 Å². The van der Waals surface area contributed by atoms with Crippen LogP contribution in [0.25, 0.3) is 0 Å². The van der Waals surface area contributed by atoms with E-state index in [2.05, 4.69) is 4.98 Å². The normalized spacial score (nSPS) is 10.6. The Morgan fingerprint density at radius 1 is 1.58 bits per heavy atom. The Bertz CT molecular complexity index is 465. The van der Waals surface area contributed by atoms with Crippen LogP contribution in [0.2, 0.25) is 0 Å². The number of hydrogen-bond acceptors (Lipinski definition) is 8. The average Bonchev–Trinajstić information content (AvgIpc) is 2.39. The van der Waals surface area contributed by atoms with E-state index in [9.17, 15) is 10.1 Å². The molecule has 1 aromatic rings. The molecule has 1 aromatic heterocycles. The highest BCUT2D eigenvalue weighted by Gasteiger charge is 2.16. The van der Waals surface area contributed by atoms with Crippen LogP contribution in [0.4, 0.5) is 11.4 Å². The summed E-state index contributed by atoms with van der Waals surface area (Å²) in [6.07, 6.45) is 3.60. The molecule has 9 nitrogen and oxygen atoms in total. The molecule has 0 aliphatic rings. The molecule has 4 N–H and O–H groups in total. The predicted molar refractivity (Wildman–Crippen MR) is 68.3 cm³/mol. The molecule has 0 fully saturated rings. The summed E-state index contributed by atoms with van der Waals surface area (Å²) in [5.74, 6) is 5.83. The number of nitrogens with two attached hydrogens (primary N) is 2. The van der Waals surface area contributed by atoms with Crippen molar-refractivity contribution in [2.45, 2.75) is 0 Å². The van der Waals surface area contributed by atoms with E-state index < -0.39 is 4.92 Å². The summed E-state index contributed by atoms with van der Waals surface area (Å²) in [5, 5.41) is 11.8. The Balaban J connectivity index is 3.03. The molecule has 0 bridgehead atoms. The van der Waals surface area contributed by atoms with Crippen LogP contribution >= 0.6 is 0 Å². The van der Waals surface area contributed by atoms with Gasteiger partial charge in [0.15, 0.2) is 0 Å². The summed E-state index contributed by atoms with van der Waals surface area (Å²) in [6.45, 7) is 0.601. The highest BCUT2D eigenvalue weighted by Crippen LogP contribution is 2.28. The highest BCUT2D eigenvalue weighted by atomic mass is 16.6. The number of rotatable bonds is 7. The molecule has 0 amide bonds. The van der Waals surface area contributed by atoms with Crippen LogP contribution in [0.5, 0.6) is 5.88 Å². The SMILES string of the molecule is COCCOc1ncc([N+](=O)[O-])cc1N(N)/C=C\N. The first-order chi connectivity index (χ1) is 9.10. The van der Waals surface area contributed by atoms with E-state index in [0.717, 1.165) is 11.2 Å². The lowest BCUT2D eigenvalue weighted by molar-refractivity contribution is -0.385. The Morgan fingerprint density at radius 2 is 2.32 bits per heavy atom. The number of ether oxygens (including phenoxy) is 2. The van der Waals surface area contributed by atoms with E-state index in [1.54, 1.807) is 0 Å². The molecule has 0 spiro atoms. The zero-order chi connectivity index (χ0) is 14.3. The number of pyridine rings is 1. The lowest BCUT2D eigenvalue weighted by Gasteiger charge is -2.16. The minimum atomic E-state index is -0.574. The zero-order valence-corrected chi connectivity index (χ0v) is 10.4. The predicted octanol–water partition coefficient (Wildman–Crippen LogP) is 0.125. The molecular weight excluding hydrogens is 254 g/mol. The molecule has 0 aliphatic carbocycles. The van der Waals surface area contributed by atoms with Gasteiger partial charge >= 0.3 is 0 Å².